The minimum absolute atomic E-state index is 0.0375. The molecule has 152 valence electrons. The second-order valence-electron chi connectivity index (χ2n) is 7.11. The lowest BCUT2D eigenvalue weighted by atomic mass is 10.1. The van der Waals surface area contributed by atoms with E-state index < -0.39 is 0 Å². The smallest absolute Gasteiger partial charge is 0.241 e. The van der Waals surface area contributed by atoms with Crippen LogP contribution < -0.4 is 15.5 Å². The Labute approximate surface area is 174 Å². The van der Waals surface area contributed by atoms with Gasteiger partial charge in [-0.25, -0.2) is 0 Å². The van der Waals surface area contributed by atoms with Crippen molar-refractivity contribution < 1.29 is 14.4 Å². The van der Waals surface area contributed by atoms with Gasteiger partial charge in [0.2, 0.25) is 17.7 Å². The molecule has 3 rings (SSSR count). The Morgan fingerprint density at radius 1 is 1.21 bits per heavy atom. The molecular formula is C21H23ClN4O3. The third kappa shape index (κ3) is 5.34. The second-order valence-corrected chi connectivity index (χ2v) is 7.55. The van der Waals surface area contributed by atoms with Gasteiger partial charge in [-0.05, 0) is 44.3 Å². The molecule has 29 heavy (non-hydrogen) atoms. The van der Waals surface area contributed by atoms with Gasteiger partial charge in [-0.3, -0.25) is 19.3 Å². The van der Waals surface area contributed by atoms with Crippen molar-refractivity contribution >= 4 is 46.4 Å². The molecule has 0 unspecified atom stereocenters. The zero-order chi connectivity index (χ0) is 21.0. The Morgan fingerprint density at radius 3 is 2.72 bits per heavy atom. The first-order valence-electron chi connectivity index (χ1n) is 9.28. The molecule has 0 aromatic heterocycles. The summed E-state index contributed by atoms with van der Waals surface area (Å²) < 4.78 is 0. The van der Waals surface area contributed by atoms with Gasteiger partial charge >= 0.3 is 0 Å². The zero-order valence-electron chi connectivity index (χ0n) is 16.3. The Balaban J connectivity index is 1.65. The number of benzene rings is 2. The first kappa shape index (κ1) is 20.8. The molecule has 2 aromatic rings. The van der Waals surface area contributed by atoms with E-state index in [0.29, 0.717) is 22.1 Å². The molecule has 7 nitrogen and oxygen atoms in total. The predicted octanol–water partition coefficient (Wildman–Crippen LogP) is 2.97. The van der Waals surface area contributed by atoms with E-state index in [-0.39, 0.29) is 43.3 Å². The van der Waals surface area contributed by atoms with Crippen molar-refractivity contribution in [3.05, 3.63) is 53.6 Å². The number of nitrogens with zero attached hydrogens (tertiary/aromatic N) is 2. The van der Waals surface area contributed by atoms with Crippen molar-refractivity contribution in [2.45, 2.75) is 19.4 Å². The van der Waals surface area contributed by atoms with Crippen LogP contribution in [0.3, 0.4) is 0 Å². The molecule has 0 fully saturated rings. The van der Waals surface area contributed by atoms with Crippen LogP contribution in [0.15, 0.2) is 48.5 Å². The van der Waals surface area contributed by atoms with Crippen molar-refractivity contribution in [1.29, 1.82) is 0 Å². The minimum Gasteiger partial charge on any atom is -0.325 e. The van der Waals surface area contributed by atoms with Gasteiger partial charge in [0.05, 0.1) is 24.5 Å². The van der Waals surface area contributed by atoms with E-state index in [2.05, 4.69) is 10.6 Å². The van der Waals surface area contributed by atoms with Crippen LogP contribution in [0.1, 0.15) is 13.3 Å². The third-order valence-corrected chi connectivity index (χ3v) is 4.79. The molecule has 1 aliphatic rings. The molecule has 1 aliphatic heterocycles. The highest BCUT2D eigenvalue weighted by atomic mass is 35.5. The number of para-hydroxylation sites is 2. The van der Waals surface area contributed by atoms with E-state index in [1.165, 1.54) is 0 Å². The molecule has 8 heteroatoms. The Kier molecular flexibility index (Phi) is 6.51. The van der Waals surface area contributed by atoms with Crippen LogP contribution in [0.2, 0.25) is 5.02 Å². The molecule has 0 aliphatic carbocycles. The van der Waals surface area contributed by atoms with E-state index in [9.17, 15) is 14.4 Å². The van der Waals surface area contributed by atoms with Crippen molar-refractivity contribution in [1.82, 2.24) is 4.90 Å². The van der Waals surface area contributed by atoms with Crippen LogP contribution >= 0.6 is 11.6 Å². The molecule has 1 atom stereocenters. The largest absolute Gasteiger partial charge is 0.325 e. The summed E-state index contributed by atoms with van der Waals surface area (Å²) in [4.78, 5) is 40.6. The number of likely N-dealkylation sites (N-methyl/N-ethyl adjacent to an activating group) is 1. The topological polar surface area (TPSA) is 81.8 Å². The van der Waals surface area contributed by atoms with Crippen LogP contribution in [-0.2, 0) is 14.4 Å². The summed E-state index contributed by atoms with van der Waals surface area (Å²) in [6, 6.07) is 13.8. The van der Waals surface area contributed by atoms with Gasteiger partial charge in [-0.15, -0.1) is 0 Å². The van der Waals surface area contributed by atoms with Gasteiger partial charge < -0.3 is 15.5 Å². The van der Waals surface area contributed by atoms with Crippen molar-refractivity contribution in [2.75, 3.05) is 35.7 Å². The summed E-state index contributed by atoms with van der Waals surface area (Å²) in [6.07, 6.45) is 0.208. The first-order chi connectivity index (χ1) is 13.8. The summed E-state index contributed by atoms with van der Waals surface area (Å²) in [6.45, 7) is 1.92. The fraction of sp³-hybridized carbons (Fsp3) is 0.286. The van der Waals surface area contributed by atoms with Crippen molar-refractivity contribution in [2.24, 2.45) is 0 Å². The Morgan fingerprint density at radius 2 is 1.97 bits per heavy atom. The van der Waals surface area contributed by atoms with Crippen LogP contribution in [0.25, 0.3) is 0 Å². The Hall–Kier alpha value is -2.90. The van der Waals surface area contributed by atoms with E-state index in [4.69, 9.17) is 11.6 Å². The van der Waals surface area contributed by atoms with E-state index in [1.807, 2.05) is 19.1 Å². The lowest BCUT2D eigenvalue weighted by Crippen LogP contribution is -2.45. The number of hydrogen-bond acceptors (Lipinski definition) is 4. The molecule has 0 saturated carbocycles. The predicted molar refractivity (Wildman–Crippen MR) is 114 cm³/mol. The average molecular weight is 415 g/mol. The molecule has 1 heterocycles. The van der Waals surface area contributed by atoms with Gasteiger partial charge in [-0.1, -0.05) is 29.8 Å². The highest BCUT2D eigenvalue weighted by molar-refractivity contribution is 6.30. The number of rotatable bonds is 5. The van der Waals surface area contributed by atoms with Crippen LogP contribution in [0.4, 0.5) is 17.1 Å². The molecule has 0 saturated heterocycles. The molecule has 0 spiro atoms. The van der Waals surface area contributed by atoms with Crippen LogP contribution in [0, 0.1) is 0 Å². The zero-order valence-corrected chi connectivity index (χ0v) is 17.1. The number of anilines is 3. The van der Waals surface area contributed by atoms with Crippen LogP contribution in [-0.4, -0.2) is 48.8 Å². The monoisotopic (exact) mass is 414 g/mol. The summed E-state index contributed by atoms with van der Waals surface area (Å²) in [5.41, 5.74) is 1.87. The number of nitrogens with one attached hydrogen (secondary N) is 2. The van der Waals surface area contributed by atoms with E-state index in [0.717, 1.165) is 0 Å². The van der Waals surface area contributed by atoms with Gasteiger partial charge in [0.1, 0.15) is 0 Å². The summed E-state index contributed by atoms with van der Waals surface area (Å²) >= 11 is 5.93. The van der Waals surface area contributed by atoms with Gasteiger partial charge in [0.25, 0.3) is 0 Å². The molecular weight excluding hydrogens is 392 g/mol. The molecule has 3 amide bonds. The Bertz CT molecular complexity index is 934. The first-order valence-corrected chi connectivity index (χ1v) is 9.66. The number of hydrogen-bond donors (Lipinski definition) is 2. The second kappa shape index (κ2) is 9.07. The van der Waals surface area contributed by atoms with Crippen molar-refractivity contribution in [3.63, 3.8) is 0 Å². The quantitative estimate of drug-likeness (QED) is 0.788. The lowest BCUT2D eigenvalue weighted by Gasteiger charge is -2.29. The highest BCUT2D eigenvalue weighted by Gasteiger charge is 2.30. The third-order valence-electron chi connectivity index (χ3n) is 4.56. The maximum absolute atomic E-state index is 13.0. The van der Waals surface area contributed by atoms with Gasteiger partial charge in [-0.2, -0.15) is 0 Å². The average Bonchev–Trinajstić information content (AvgIpc) is 2.75. The standard InChI is InChI=1S/C21H23ClN4O3/c1-14-10-19(27)24-17-8-3-4-9-18(17)26(14)21(29)13-25(2)12-20(28)23-16-7-5-6-15(22)11-16/h3-9,11,14H,10,12-13H2,1-2H3,(H,23,28)(H,24,27)/t14-/m0/s1. The lowest BCUT2D eigenvalue weighted by molar-refractivity contribution is -0.121. The van der Waals surface area contributed by atoms with Gasteiger partial charge in [0, 0.05) is 23.2 Å². The highest BCUT2D eigenvalue weighted by Crippen LogP contribution is 2.31. The molecule has 0 bridgehead atoms. The molecule has 2 aromatic carbocycles. The summed E-state index contributed by atoms with van der Waals surface area (Å²) in [7, 11) is 1.70. The van der Waals surface area contributed by atoms with Crippen LogP contribution in [0.5, 0.6) is 0 Å². The SMILES string of the molecule is C[C@H]1CC(=O)Nc2ccccc2N1C(=O)CN(C)CC(=O)Nc1cccc(Cl)c1. The maximum atomic E-state index is 13.0. The van der Waals surface area contributed by atoms with Crippen molar-refractivity contribution in [3.8, 4) is 0 Å². The summed E-state index contributed by atoms with van der Waals surface area (Å²) in [5.74, 6) is -0.558. The normalized spacial score (nSPS) is 16.1. The molecule has 0 radical (unpaired) electrons. The molecule has 2 N–H and O–H groups in total. The van der Waals surface area contributed by atoms with E-state index >= 15 is 0 Å². The number of carbonyl (C=O) groups excluding carboxylic acids is 3. The number of amides is 3. The number of fused-ring (bicyclic) bond motifs is 1. The summed E-state index contributed by atoms with van der Waals surface area (Å²) in [5, 5.41) is 6.13. The van der Waals surface area contributed by atoms with E-state index in [1.54, 1.807) is 53.2 Å². The number of carbonyl (C=O) groups is 3. The fourth-order valence-electron chi connectivity index (χ4n) is 3.34. The van der Waals surface area contributed by atoms with Gasteiger partial charge in [0.15, 0.2) is 0 Å². The minimum atomic E-state index is -0.292. The number of halogens is 1. The maximum Gasteiger partial charge on any atom is 0.241 e. The fourth-order valence-corrected chi connectivity index (χ4v) is 3.53.